The van der Waals surface area contributed by atoms with Crippen LogP contribution < -0.4 is 10.2 Å². The average molecular weight is 498 g/mol. The molecule has 1 aliphatic heterocycles. The van der Waals surface area contributed by atoms with Crippen LogP contribution in [0, 0.1) is 27.9 Å². The van der Waals surface area contributed by atoms with Crippen LogP contribution in [-0.4, -0.2) is 23.3 Å². The van der Waals surface area contributed by atoms with Crippen LogP contribution in [0.15, 0.2) is 78.9 Å². The normalized spacial score (nSPS) is 21.2. The minimum absolute atomic E-state index is 0.138. The number of nitrogens with zero attached hydrogens (tertiary/aromatic N) is 2. The van der Waals surface area contributed by atoms with Gasteiger partial charge in [0, 0.05) is 18.5 Å². The number of hydrogen-bond donors (Lipinski definition) is 1. The molecule has 0 bridgehead atoms. The number of carbonyl (C=O) groups is 2. The van der Waals surface area contributed by atoms with Crippen molar-refractivity contribution < 1.29 is 14.5 Å². The number of nitrogens with one attached hydrogen (secondary N) is 1. The second kappa shape index (κ2) is 10.5. The molecule has 2 amide bonds. The molecule has 2 aliphatic rings. The molecule has 3 aromatic carbocycles. The van der Waals surface area contributed by atoms with Crippen LogP contribution in [0.2, 0.25) is 0 Å². The van der Waals surface area contributed by atoms with Crippen molar-refractivity contribution in [1.29, 1.82) is 0 Å². The summed E-state index contributed by atoms with van der Waals surface area (Å²) in [6.45, 7) is 2.61. The van der Waals surface area contributed by atoms with E-state index < -0.39 is 4.92 Å². The summed E-state index contributed by atoms with van der Waals surface area (Å²) in [6.07, 6.45) is 3.04. The van der Waals surface area contributed by atoms with E-state index in [1.807, 2.05) is 36.4 Å². The van der Waals surface area contributed by atoms with Gasteiger partial charge in [-0.25, -0.2) is 4.90 Å². The maximum absolute atomic E-state index is 13.1. The third-order valence-corrected chi connectivity index (χ3v) is 7.78. The summed E-state index contributed by atoms with van der Waals surface area (Å²) in [4.78, 5) is 38.8. The third-order valence-electron chi connectivity index (χ3n) is 7.78. The Bertz CT molecular complexity index is 1260. The third kappa shape index (κ3) is 4.99. The lowest BCUT2D eigenvalue weighted by Crippen LogP contribution is -2.31. The SMILES string of the molecule is C[C@@H]1CC[C@H]2C(=O)N(c3ccc(NCCC(c4ccccc4)c4ccccc4)c([N+](=O)[O-])c3)C(=O)[C@H]2C1. The van der Waals surface area contributed by atoms with Gasteiger partial charge in [0.1, 0.15) is 5.69 Å². The first-order valence-corrected chi connectivity index (χ1v) is 12.9. The Balaban J connectivity index is 1.34. The smallest absolute Gasteiger partial charge is 0.294 e. The monoisotopic (exact) mass is 497 g/mol. The van der Waals surface area contributed by atoms with Crippen molar-refractivity contribution in [2.45, 2.75) is 38.5 Å². The Hall–Kier alpha value is -4.00. The predicted octanol–water partition coefficient (Wildman–Crippen LogP) is 6.15. The molecule has 3 aromatic rings. The molecule has 7 nitrogen and oxygen atoms in total. The number of benzene rings is 3. The van der Waals surface area contributed by atoms with E-state index in [1.54, 1.807) is 12.1 Å². The highest BCUT2D eigenvalue weighted by atomic mass is 16.6. The Kier molecular flexibility index (Phi) is 7.04. The first-order valence-electron chi connectivity index (χ1n) is 12.9. The highest BCUT2D eigenvalue weighted by Gasteiger charge is 2.50. The van der Waals surface area contributed by atoms with Crippen molar-refractivity contribution in [2.75, 3.05) is 16.8 Å². The van der Waals surface area contributed by atoms with Gasteiger partial charge in [-0.2, -0.15) is 0 Å². The van der Waals surface area contributed by atoms with Gasteiger partial charge in [0.25, 0.3) is 5.69 Å². The largest absolute Gasteiger partial charge is 0.379 e. The molecule has 1 saturated heterocycles. The molecule has 1 saturated carbocycles. The number of rotatable bonds is 8. The number of hydrogen-bond acceptors (Lipinski definition) is 5. The number of nitro groups is 1. The number of imide groups is 1. The van der Waals surface area contributed by atoms with Gasteiger partial charge in [0.2, 0.25) is 11.8 Å². The van der Waals surface area contributed by atoms with Crippen LogP contribution in [0.3, 0.4) is 0 Å². The highest BCUT2D eigenvalue weighted by Crippen LogP contribution is 2.43. The van der Waals surface area contributed by atoms with E-state index in [0.717, 1.165) is 12.8 Å². The van der Waals surface area contributed by atoms with E-state index in [1.165, 1.54) is 22.1 Å². The van der Waals surface area contributed by atoms with Gasteiger partial charge in [-0.15, -0.1) is 0 Å². The van der Waals surface area contributed by atoms with Crippen LogP contribution in [0.25, 0.3) is 0 Å². The van der Waals surface area contributed by atoms with Crippen molar-refractivity contribution in [3.05, 3.63) is 100 Å². The number of carbonyl (C=O) groups excluding carboxylic acids is 2. The predicted molar refractivity (Wildman–Crippen MR) is 143 cm³/mol. The van der Waals surface area contributed by atoms with E-state index in [4.69, 9.17) is 0 Å². The topological polar surface area (TPSA) is 92.6 Å². The summed E-state index contributed by atoms with van der Waals surface area (Å²) >= 11 is 0. The van der Waals surface area contributed by atoms with E-state index in [0.29, 0.717) is 31.0 Å². The zero-order valence-electron chi connectivity index (χ0n) is 20.9. The Morgan fingerprint density at radius 3 is 2.16 bits per heavy atom. The molecule has 0 radical (unpaired) electrons. The van der Waals surface area contributed by atoms with Crippen LogP contribution in [0.4, 0.5) is 17.1 Å². The molecule has 1 aliphatic carbocycles. The molecular formula is C30H31N3O4. The van der Waals surface area contributed by atoms with Crippen LogP contribution >= 0.6 is 0 Å². The van der Waals surface area contributed by atoms with Crippen LogP contribution in [0.1, 0.15) is 49.7 Å². The van der Waals surface area contributed by atoms with Crippen LogP contribution in [-0.2, 0) is 9.59 Å². The average Bonchev–Trinajstić information content (AvgIpc) is 3.16. The van der Waals surface area contributed by atoms with E-state index >= 15 is 0 Å². The van der Waals surface area contributed by atoms with Crippen molar-refractivity contribution in [3.8, 4) is 0 Å². The lowest BCUT2D eigenvalue weighted by atomic mass is 9.76. The second-order valence-electron chi connectivity index (χ2n) is 10.2. The molecule has 3 atom stereocenters. The van der Waals surface area contributed by atoms with Crippen molar-refractivity contribution in [2.24, 2.45) is 17.8 Å². The summed E-state index contributed by atoms with van der Waals surface area (Å²) in [7, 11) is 0. The zero-order valence-corrected chi connectivity index (χ0v) is 20.9. The molecule has 190 valence electrons. The molecule has 0 spiro atoms. The highest BCUT2D eigenvalue weighted by molar-refractivity contribution is 6.22. The summed E-state index contributed by atoms with van der Waals surface area (Å²) in [6, 6.07) is 25.0. The summed E-state index contributed by atoms with van der Waals surface area (Å²) in [5.74, 6) is -0.557. The molecule has 2 fully saturated rings. The lowest BCUT2D eigenvalue weighted by Gasteiger charge is -2.25. The maximum atomic E-state index is 13.1. The number of anilines is 2. The minimum atomic E-state index is -0.460. The first-order chi connectivity index (χ1) is 17.9. The van der Waals surface area contributed by atoms with Gasteiger partial charge in [-0.3, -0.25) is 19.7 Å². The van der Waals surface area contributed by atoms with Gasteiger partial charge < -0.3 is 5.32 Å². The summed E-state index contributed by atoms with van der Waals surface area (Å²) in [5.41, 5.74) is 2.88. The summed E-state index contributed by atoms with van der Waals surface area (Å²) in [5, 5.41) is 15.2. The van der Waals surface area contributed by atoms with Crippen molar-refractivity contribution in [3.63, 3.8) is 0 Å². The molecule has 0 unspecified atom stereocenters. The Labute approximate surface area is 216 Å². The minimum Gasteiger partial charge on any atom is -0.379 e. The number of fused-ring (bicyclic) bond motifs is 1. The zero-order chi connectivity index (χ0) is 25.9. The fourth-order valence-corrected chi connectivity index (χ4v) is 5.85. The fraction of sp³-hybridized carbons (Fsp3) is 0.333. The van der Waals surface area contributed by atoms with Crippen molar-refractivity contribution in [1.82, 2.24) is 0 Å². The first kappa shape index (κ1) is 24.7. The fourth-order valence-electron chi connectivity index (χ4n) is 5.85. The van der Waals surface area contributed by atoms with Gasteiger partial charge in [0.15, 0.2) is 0 Å². The van der Waals surface area contributed by atoms with Gasteiger partial charge in [0.05, 0.1) is 22.4 Å². The standard InChI is InChI=1S/C30H31N3O4/c1-20-12-14-25-26(18-20)30(35)32(29(25)34)23-13-15-27(28(19-23)33(36)37)31-17-16-24(21-8-4-2-5-9-21)22-10-6-3-7-11-22/h2-11,13,15,19-20,24-26,31H,12,14,16-18H2,1H3/t20-,25-,26+/m1/s1. The molecule has 1 N–H and O–H groups in total. The van der Waals surface area contributed by atoms with E-state index in [-0.39, 0.29) is 40.9 Å². The molecular weight excluding hydrogens is 466 g/mol. The molecule has 0 aromatic heterocycles. The lowest BCUT2D eigenvalue weighted by molar-refractivity contribution is -0.383. The molecule has 5 rings (SSSR count). The Morgan fingerprint density at radius 1 is 0.919 bits per heavy atom. The second-order valence-corrected chi connectivity index (χ2v) is 10.2. The Morgan fingerprint density at radius 2 is 1.54 bits per heavy atom. The molecule has 37 heavy (non-hydrogen) atoms. The van der Waals surface area contributed by atoms with Gasteiger partial charge >= 0.3 is 0 Å². The quantitative estimate of drug-likeness (QED) is 0.229. The van der Waals surface area contributed by atoms with Gasteiger partial charge in [-0.05, 0) is 54.9 Å². The van der Waals surface area contributed by atoms with Crippen LogP contribution in [0.5, 0.6) is 0 Å². The number of amides is 2. The molecule has 1 heterocycles. The summed E-state index contributed by atoms with van der Waals surface area (Å²) < 4.78 is 0. The van der Waals surface area contributed by atoms with Crippen molar-refractivity contribution >= 4 is 28.9 Å². The maximum Gasteiger partial charge on any atom is 0.294 e. The molecule has 7 heteroatoms. The van der Waals surface area contributed by atoms with E-state index in [9.17, 15) is 19.7 Å². The number of nitro benzene ring substituents is 1. The van der Waals surface area contributed by atoms with Gasteiger partial charge in [-0.1, -0.05) is 67.6 Å². The van der Waals surface area contributed by atoms with E-state index in [2.05, 4.69) is 36.5 Å².